The number of nitrogens with zero attached hydrogens (tertiary/aromatic N) is 1. The number of rotatable bonds is 1. The summed E-state index contributed by atoms with van der Waals surface area (Å²) in [6.45, 7) is 0. The largest absolute Gasteiger partial charge is 0.506 e. The first kappa shape index (κ1) is 10.0. The van der Waals surface area contributed by atoms with Gasteiger partial charge in [0.15, 0.2) is 0 Å². The molecule has 2 aromatic rings. The first-order valence-electron chi connectivity index (χ1n) is 4.39. The smallest absolute Gasteiger partial charge is 0.296 e. The number of hydrogen-bond donors (Lipinski definition) is 3. The second-order valence-electron chi connectivity index (χ2n) is 3.25. The third-order valence-electron chi connectivity index (χ3n) is 2.25. The molecule has 2 rings (SSSR count). The normalized spacial score (nSPS) is 10.5. The summed E-state index contributed by atoms with van der Waals surface area (Å²) in [6, 6.07) is 5.60. The van der Waals surface area contributed by atoms with Crippen molar-refractivity contribution in [1.29, 1.82) is 0 Å². The van der Waals surface area contributed by atoms with Crippen LogP contribution in [0.15, 0.2) is 29.1 Å². The highest BCUT2D eigenvalue weighted by molar-refractivity contribution is 5.97. The van der Waals surface area contributed by atoms with Crippen molar-refractivity contribution in [3.8, 4) is 5.75 Å². The Kier molecular flexibility index (Phi) is 2.05. The molecule has 0 saturated heterocycles. The van der Waals surface area contributed by atoms with E-state index in [1.165, 1.54) is 24.3 Å². The van der Waals surface area contributed by atoms with Crippen molar-refractivity contribution in [2.75, 3.05) is 0 Å². The number of hydrogen-bond acceptors (Lipinski definition) is 4. The molecule has 0 aliphatic rings. The van der Waals surface area contributed by atoms with E-state index in [1.807, 2.05) is 0 Å². The maximum absolute atomic E-state index is 11.5. The summed E-state index contributed by atoms with van der Waals surface area (Å²) in [5.74, 6) is -1.19. The summed E-state index contributed by atoms with van der Waals surface area (Å²) in [5.41, 5.74) is 3.64. The molecular formula is C10H8N2O4. The number of fused-ring (bicyclic) bond motifs is 1. The summed E-state index contributed by atoms with van der Waals surface area (Å²) in [7, 11) is 0. The van der Waals surface area contributed by atoms with E-state index in [9.17, 15) is 19.9 Å². The van der Waals surface area contributed by atoms with Crippen LogP contribution in [-0.2, 0) is 0 Å². The Hall–Kier alpha value is -2.50. The van der Waals surface area contributed by atoms with E-state index in [4.69, 9.17) is 5.73 Å². The summed E-state index contributed by atoms with van der Waals surface area (Å²) in [6.07, 6.45) is 0. The summed E-state index contributed by atoms with van der Waals surface area (Å²) < 4.78 is 0.213. The highest BCUT2D eigenvalue weighted by Gasteiger charge is 2.14. The van der Waals surface area contributed by atoms with Crippen LogP contribution in [0.3, 0.4) is 0 Å². The van der Waals surface area contributed by atoms with Gasteiger partial charge in [0.05, 0.1) is 0 Å². The number of amides is 1. The third kappa shape index (κ3) is 1.28. The van der Waals surface area contributed by atoms with Gasteiger partial charge in [0.25, 0.3) is 11.5 Å². The molecule has 6 nitrogen and oxygen atoms in total. The van der Waals surface area contributed by atoms with Gasteiger partial charge in [-0.25, -0.2) is 0 Å². The van der Waals surface area contributed by atoms with Gasteiger partial charge in [-0.2, -0.15) is 0 Å². The van der Waals surface area contributed by atoms with Crippen LogP contribution in [0.4, 0.5) is 0 Å². The minimum Gasteiger partial charge on any atom is -0.506 e. The van der Waals surface area contributed by atoms with E-state index >= 15 is 0 Å². The lowest BCUT2D eigenvalue weighted by Crippen LogP contribution is -2.28. The number of carbonyl (C=O) groups is 1. The minimum atomic E-state index is -0.957. The van der Waals surface area contributed by atoms with Crippen molar-refractivity contribution in [3.63, 3.8) is 0 Å². The standard InChI is InChI=1S/C10H8N2O4/c11-9(14)6-4-5-2-1-3-7(13)8(5)12(16)10(6)15/h1-4,13,16H,(H2,11,14). The van der Waals surface area contributed by atoms with E-state index in [2.05, 4.69) is 0 Å². The van der Waals surface area contributed by atoms with Crippen molar-refractivity contribution in [3.05, 3.63) is 40.2 Å². The average molecular weight is 220 g/mol. The average Bonchev–Trinajstić information content (AvgIpc) is 2.22. The van der Waals surface area contributed by atoms with Gasteiger partial charge in [-0.15, -0.1) is 4.73 Å². The second kappa shape index (κ2) is 3.27. The molecule has 0 radical (unpaired) electrons. The summed E-state index contributed by atoms with van der Waals surface area (Å²) in [4.78, 5) is 22.4. The third-order valence-corrected chi connectivity index (χ3v) is 2.25. The zero-order valence-corrected chi connectivity index (χ0v) is 8.04. The van der Waals surface area contributed by atoms with Gasteiger partial charge in [-0.3, -0.25) is 9.59 Å². The first-order chi connectivity index (χ1) is 7.52. The van der Waals surface area contributed by atoms with Crippen LogP contribution < -0.4 is 11.3 Å². The van der Waals surface area contributed by atoms with Gasteiger partial charge < -0.3 is 16.0 Å². The fourth-order valence-electron chi connectivity index (χ4n) is 1.51. The Bertz CT molecular complexity index is 645. The molecule has 1 heterocycles. The number of para-hydroxylation sites is 1. The highest BCUT2D eigenvalue weighted by atomic mass is 16.5. The van der Waals surface area contributed by atoms with Gasteiger partial charge >= 0.3 is 0 Å². The molecule has 6 heteroatoms. The van der Waals surface area contributed by atoms with E-state index in [0.717, 1.165) is 0 Å². The van der Waals surface area contributed by atoms with Crippen LogP contribution in [0.2, 0.25) is 0 Å². The Morgan fingerprint density at radius 2 is 2.06 bits per heavy atom. The molecule has 0 fully saturated rings. The van der Waals surface area contributed by atoms with E-state index in [1.54, 1.807) is 0 Å². The lowest BCUT2D eigenvalue weighted by atomic mass is 10.1. The molecule has 1 aromatic carbocycles. The van der Waals surface area contributed by atoms with E-state index in [0.29, 0.717) is 5.39 Å². The van der Waals surface area contributed by atoms with Crippen molar-refractivity contribution in [2.45, 2.75) is 0 Å². The molecule has 0 aliphatic carbocycles. The predicted octanol–water partition coefficient (Wildman–Crippen LogP) is 0.0433. The van der Waals surface area contributed by atoms with E-state index < -0.39 is 11.5 Å². The molecule has 0 unspecified atom stereocenters. The zero-order valence-electron chi connectivity index (χ0n) is 8.04. The summed E-state index contributed by atoms with van der Waals surface area (Å²) >= 11 is 0. The van der Waals surface area contributed by atoms with Crippen molar-refractivity contribution < 1.29 is 15.1 Å². The lowest BCUT2D eigenvalue weighted by molar-refractivity contribution is 0.0993. The number of aromatic nitrogens is 1. The van der Waals surface area contributed by atoms with Crippen LogP contribution in [0, 0.1) is 0 Å². The van der Waals surface area contributed by atoms with Crippen LogP contribution in [0.5, 0.6) is 5.75 Å². The molecular weight excluding hydrogens is 212 g/mol. The van der Waals surface area contributed by atoms with Crippen LogP contribution in [0.1, 0.15) is 10.4 Å². The van der Waals surface area contributed by atoms with Gasteiger partial charge in [-0.1, -0.05) is 12.1 Å². The quantitative estimate of drug-likeness (QED) is 0.590. The Balaban J connectivity index is 3.00. The van der Waals surface area contributed by atoms with Gasteiger partial charge in [0.2, 0.25) is 0 Å². The molecule has 0 spiro atoms. The number of benzene rings is 1. The van der Waals surface area contributed by atoms with Gasteiger partial charge in [-0.05, 0) is 12.1 Å². The van der Waals surface area contributed by atoms with Crippen LogP contribution >= 0.6 is 0 Å². The molecule has 0 atom stereocenters. The van der Waals surface area contributed by atoms with Gasteiger partial charge in [0, 0.05) is 5.39 Å². The molecule has 82 valence electrons. The number of aromatic hydroxyl groups is 1. The molecule has 1 aromatic heterocycles. The fourth-order valence-corrected chi connectivity index (χ4v) is 1.51. The zero-order chi connectivity index (χ0) is 11.9. The van der Waals surface area contributed by atoms with Gasteiger partial charge in [0.1, 0.15) is 16.8 Å². The molecule has 1 amide bonds. The number of carbonyl (C=O) groups excluding carboxylic acids is 1. The topological polar surface area (TPSA) is 106 Å². The Labute approximate surface area is 89.1 Å². The second-order valence-corrected chi connectivity index (χ2v) is 3.25. The Morgan fingerprint density at radius 1 is 1.38 bits per heavy atom. The molecule has 0 aliphatic heterocycles. The first-order valence-corrected chi connectivity index (χ1v) is 4.39. The molecule has 16 heavy (non-hydrogen) atoms. The minimum absolute atomic E-state index is 0.0579. The van der Waals surface area contributed by atoms with Crippen molar-refractivity contribution in [2.24, 2.45) is 5.73 Å². The fraction of sp³-hybridized carbons (Fsp3) is 0. The maximum atomic E-state index is 11.5. The number of pyridine rings is 1. The number of phenols is 1. The molecule has 0 bridgehead atoms. The maximum Gasteiger partial charge on any atom is 0.296 e. The summed E-state index contributed by atoms with van der Waals surface area (Å²) in [5, 5.41) is 19.3. The Morgan fingerprint density at radius 3 is 2.69 bits per heavy atom. The monoisotopic (exact) mass is 220 g/mol. The molecule has 4 N–H and O–H groups in total. The number of phenolic OH excluding ortho intramolecular Hbond substituents is 1. The van der Waals surface area contributed by atoms with Crippen LogP contribution in [-0.4, -0.2) is 21.0 Å². The number of primary amides is 1. The van der Waals surface area contributed by atoms with E-state index in [-0.39, 0.29) is 21.6 Å². The predicted molar refractivity (Wildman–Crippen MR) is 55.6 cm³/mol. The molecule has 0 saturated carbocycles. The highest BCUT2D eigenvalue weighted by Crippen LogP contribution is 2.22. The van der Waals surface area contributed by atoms with Crippen LogP contribution in [0.25, 0.3) is 10.9 Å². The van der Waals surface area contributed by atoms with Crippen molar-refractivity contribution in [1.82, 2.24) is 4.73 Å². The lowest BCUT2D eigenvalue weighted by Gasteiger charge is -2.06. The number of nitrogens with two attached hydrogens (primary N) is 1. The van der Waals surface area contributed by atoms with Crippen molar-refractivity contribution >= 4 is 16.8 Å². The SMILES string of the molecule is NC(=O)c1cc2cccc(O)c2n(O)c1=O.